The van der Waals surface area contributed by atoms with Gasteiger partial charge in [0, 0.05) is 12.8 Å². The van der Waals surface area contributed by atoms with Crippen molar-refractivity contribution in [3.8, 4) is 0 Å². The standard InChI is InChI=1S/C78H136NO8P/c1-6-8-10-12-14-16-18-20-22-24-26-28-30-32-34-36-38-39-41-43-45-47-49-51-53-55-57-59-61-63-65-67-69-71-78(81)87-76(75-86-88(82,83)85-73-72-79(3,4)5)74-84-77(80)70-68-66-64-62-60-58-56-54-52-50-48-46-44-42-40-37-35-33-31-29-27-25-23-21-19-17-15-13-11-9-7-2/h8,10,14,16,20,22,26,28,32,34,38-39,43,45,49,51,55,57,61,63,76H,6-7,9,11-13,15,17-19,21,23-25,27,29-31,33,35-37,40-42,44,46-48,50,52-54,56,58-60,62,64-75H2,1-5H3/b10-8-,16-14-,22-20-,28-26-,34-32-,39-38-,45-43-,51-49-,57-55-,63-61-. The first kappa shape index (κ1) is 84.4. The van der Waals surface area contributed by atoms with Crippen molar-refractivity contribution in [1.82, 2.24) is 0 Å². The van der Waals surface area contributed by atoms with Crippen molar-refractivity contribution < 1.29 is 42.1 Å². The van der Waals surface area contributed by atoms with Gasteiger partial charge in [0.05, 0.1) is 27.7 Å². The molecule has 0 spiro atoms. The van der Waals surface area contributed by atoms with Crippen molar-refractivity contribution in [3.05, 3.63) is 122 Å². The van der Waals surface area contributed by atoms with Gasteiger partial charge in [-0.15, -0.1) is 0 Å². The summed E-state index contributed by atoms with van der Waals surface area (Å²) in [6.45, 7) is 4.10. The second-order valence-corrected chi connectivity index (χ2v) is 26.6. The van der Waals surface area contributed by atoms with Crippen LogP contribution < -0.4 is 4.89 Å². The molecular weight excluding hydrogens is 1110 g/mol. The Morgan fingerprint density at radius 3 is 0.966 bits per heavy atom. The van der Waals surface area contributed by atoms with Crippen molar-refractivity contribution in [2.24, 2.45) is 0 Å². The summed E-state index contributed by atoms with van der Waals surface area (Å²) in [6, 6.07) is 0. The molecule has 0 saturated carbocycles. The van der Waals surface area contributed by atoms with Crippen molar-refractivity contribution >= 4 is 19.8 Å². The molecule has 0 amide bonds. The van der Waals surface area contributed by atoms with Crippen LogP contribution in [0.4, 0.5) is 0 Å². The van der Waals surface area contributed by atoms with E-state index in [9.17, 15) is 19.0 Å². The van der Waals surface area contributed by atoms with Gasteiger partial charge in [-0.2, -0.15) is 0 Å². The molecule has 0 aliphatic rings. The predicted molar refractivity (Wildman–Crippen MR) is 378 cm³/mol. The van der Waals surface area contributed by atoms with Gasteiger partial charge in [-0.25, -0.2) is 0 Å². The normalized spacial score (nSPS) is 13.8. The zero-order chi connectivity index (χ0) is 64.1. The molecule has 0 aromatic carbocycles. The summed E-state index contributed by atoms with van der Waals surface area (Å²) in [4.78, 5) is 38.1. The van der Waals surface area contributed by atoms with Gasteiger partial charge >= 0.3 is 11.9 Å². The second-order valence-electron chi connectivity index (χ2n) is 25.2. The van der Waals surface area contributed by atoms with Gasteiger partial charge in [-0.1, -0.05) is 328 Å². The minimum absolute atomic E-state index is 0.0444. The van der Waals surface area contributed by atoms with Gasteiger partial charge in [0.1, 0.15) is 19.8 Å². The van der Waals surface area contributed by atoms with Crippen LogP contribution in [0, 0.1) is 0 Å². The van der Waals surface area contributed by atoms with Crippen molar-refractivity contribution in [3.63, 3.8) is 0 Å². The maximum Gasteiger partial charge on any atom is 0.306 e. The van der Waals surface area contributed by atoms with E-state index in [2.05, 4.69) is 135 Å². The summed E-state index contributed by atoms with van der Waals surface area (Å²) in [5, 5.41) is 0. The van der Waals surface area contributed by atoms with E-state index in [0.717, 1.165) is 96.3 Å². The van der Waals surface area contributed by atoms with Crippen molar-refractivity contribution in [1.29, 1.82) is 0 Å². The summed E-state index contributed by atoms with van der Waals surface area (Å²) in [5.74, 6) is -0.881. The fraction of sp³-hybridized carbons (Fsp3) is 0.718. The fourth-order valence-corrected chi connectivity index (χ4v) is 10.7. The molecule has 10 heteroatoms. The Hall–Kier alpha value is -3.59. The maximum absolute atomic E-state index is 12.8. The third-order valence-electron chi connectivity index (χ3n) is 15.5. The highest BCUT2D eigenvalue weighted by atomic mass is 31.2. The molecule has 2 unspecified atom stereocenters. The minimum Gasteiger partial charge on any atom is -0.756 e. The van der Waals surface area contributed by atoms with Gasteiger partial charge in [0.2, 0.25) is 0 Å². The molecule has 9 nitrogen and oxygen atoms in total. The number of hydrogen-bond acceptors (Lipinski definition) is 8. The van der Waals surface area contributed by atoms with Crippen LogP contribution in [0.3, 0.4) is 0 Å². The first-order chi connectivity index (χ1) is 43.0. The molecule has 88 heavy (non-hydrogen) atoms. The predicted octanol–water partition coefficient (Wildman–Crippen LogP) is 23.2. The Morgan fingerprint density at radius 1 is 0.364 bits per heavy atom. The van der Waals surface area contributed by atoms with Crippen LogP contribution in [0.15, 0.2) is 122 Å². The van der Waals surface area contributed by atoms with E-state index in [-0.39, 0.29) is 26.1 Å². The fourth-order valence-electron chi connectivity index (χ4n) is 9.98. The lowest BCUT2D eigenvalue weighted by molar-refractivity contribution is -0.870. The number of esters is 2. The van der Waals surface area contributed by atoms with E-state index >= 15 is 0 Å². The third-order valence-corrected chi connectivity index (χ3v) is 16.5. The zero-order valence-electron chi connectivity index (χ0n) is 57.6. The number of allylic oxidation sites excluding steroid dienone is 20. The molecule has 0 saturated heterocycles. The number of nitrogens with zero attached hydrogens (tertiary/aromatic N) is 1. The second kappa shape index (κ2) is 67.8. The molecular formula is C78H136NO8P. The lowest BCUT2D eigenvalue weighted by Crippen LogP contribution is -2.37. The number of likely N-dealkylation sites (N-methyl/N-ethyl adjacent to an activating group) is 1. The highest BCUT2D eigenvalue weighted by Gasteiger charge is 2.22. The largest absolute Gasteiger partial charge is 0.756 e. The van der Waals surface area contributed by atoms with Crippen molar-refractivity contribution in [2.45, 2.75) is 315 Å². The highest BCUT2D eigenvalue weighted by Crippen LogP contribution is 2.38. The van der Waals surface area contributed by atoms with Crippen LogP contribution in [-0.2, 0) is 32.7 Å². The van der Waals surface area contributed by atoms with Crippen LogP contribution in [0.2, 0.25) is 0 Å². The van der Waals surface area contributed by atoms with Gasteiger partial charge < -0.3 is 27.9 Å². The molecule has 506 valence electrons. The molecule has 2 atom stereocenters. The number of carbonyl (C=O) groups excluding carboxylic acids is 2. The van der Waals surface area contributed by atoms with Crippen LogP contribution in [0.25, 0.3) is 0 Å². The molecule has 0 heterocycles. The van der Waals surface area contributed by atoms with Crippen LogP contribution in [-0.4, -0.2) is 70.0 Å². The lowest BCUT2D eigenvalue weighted by atomic mass is 10.0. The Labute approximate surface area is 543 Å². The van der Waals surface area contributed by atoms with E-state index < -0.39 is 32.5 Å². The molecule has 0 N–H and O–H groups in total. The Kier molecular flexibility index (Phi) is 65.0. The quantitative estimate of drug-likeness (QED) is 0.0195. The maximum atomic E-state index is 12.8. The first-order valence-electron chi connectivity index (χ1n) is 36.2. The molecule has 0 aliphatic carbocycles. The average Bonchev–Trinajstić information content (AvgIpc) is 3.56. The smallest absolute Gasteiger partial charge is 0.306 e. The number of phosphoric ester groups is 1. The van der Waals surface area contributed by atoms with Crippen molar-refractivity contribution in [2.75, 3.05) is 47.5 Å². The molecule has 0 fully saturated rings. The molecule has 0 aromatic heterocycles. The van der Waals surface area contributed by atoms with Gasteiger partial charge in [0.25, 0.3) is 7.82 Å². The highest BCUT2D eigenvalue weighted by molar-refractivity contribution is 7.45. The summed E-state index contributed by atoms with van der Waals surface area (Å²) in [6.07, 6.45) is 97.3. The lowest BCUT2D eigenvalue weighted by Gasteiger charge is -2.28. The molecule has 0 bridgehead atoms. The monoisotopic (exact) mass is 1250 g/mol. The molecule has 0 radical (unpaired) electrons. The molecule has 0 rings (SSSR count). The van der Waals surface area contributed by atoms with Gasteiger partial charge in [-0.05, 0) is 89.9 Å². The van der Waals surface area contributed by atoms with Gasteiger partial charge in [0.15, 0.2) is 6.10 Å². The zero-order valence-corrected chi connectivity index (χ0v) is 58.5. The SMILES string of the molecule is CC/C=C\C/C=C\C/C=C\C/C=C\C/C=C\C/C=C\C/C=C\C/C=C\C/C=C\C/C=C\CCCCC(=O)OC(COC(=O)CCCCCCCCCCCCCCCCCCCCCCCCCCCCCCCCC)COP(=O)([O-])OCC[N+](C)(C)C. The number of rotatable bonds is 66. The summed E-state index contributed by atoms with van der Waals surface area (Å²) >= 11 is 0. The third kappa shape index (κ3) is 71.5. The number of ether oxygens (including phenoxy) is 2. The first-order valence-corrected chi connectivity index (χ1v) is 37.7. The van der Waals surface area contributed by atoms with Gasteiger partial charge in [-0.3, -0.25) is 14.2 Å². The summed E-state index contributed by atoms with van der Waals surface area (Å²) in [7, 11) is 1.13. The molecule has 0 aromatic rings. The minimum atomic E-state index is -4.66. The van der Waals surface area contributed by atoms with Crippen LogP contribution in [0.1, 0.15) is 309 Å². The molecule has 0 aliphatic heterocycles. The number of hydrogen-bond donors (Lipinski definition) is 0. The summed E-state index contributed by atoms with van der Waals surface area (Å²) in [5.41, 5.74) is 0. The van der Waals surface area contributed by atoms with Crippen LogP contribution >= 0.6 is 7.82 Å². The van der Waals surface area contributed by atoms with E-state index in [1.165, 1.54) is 180 Å². The average molecular weight is 1250 g/mol. The Bertz CT molecular complexity index is 1900. The Morgan fingerprint density at radius 2 is 0.648 bits per heavy atom. The van der Waals surface area contributed by atoms with E-state index in [1.807, 2.05) is 21.1 Å². The number of quaternary nitrogens is 1. The topological polar surface area (TPSA) is 111 Å². The Balaban J connectivity index is 4.13. The van der Waals surface area contributed by atoms with E-state index in [4.69, 9.17) is 18.5 Å². The number of carbonyl (C=O) groups is 2. The summed E-state index contributed by atoms with van der Waals surface area (Å²) < 4.78 is 34.3. The van der Waals surface area contributed by atoms with E-state index in [0.29, 0.717) is 17.4 Å². The number of phosphoric acid groups is 1. The van der Waals surface area contributed by atoms with E-state index in [1.54, 1.807) is 0 Å². The van der Waals surface area contributed by atoms with Crippen LogP contribution in [0.5, 0.6) is 0 Å². The number of unbranched alkanes of at least 4 members (excludes halogenated alkanes) is 32.